The van der Waals surface area contributed by atoms with E-state index in [2.05, 4.69) is 26.2 Å². The molecule has 1 amide bonds. The number of nitrogens with one attached hydrogen (secondary N) is 1. The first-order valence-electron chi connectivity index (χ1n) is 5.86. The number of rotatable bonds is 4. The normalized spacial score (nSPS) is 12.6. The number of nitrogens with zero attached hydrogens (tertiary/aromatic N) is 1. The van der Waals surface area contributed by atoms with Gasteiger partial charge in [0.25, 0.3) is 0 Å². The molecule has 0 aliphatic heterocycles. The van der Waals surface area contributed by atoms with E-state index in [1.54, 1.807) is 39.1 Å². The number of carbonyl (C=O) groups excluding carboxylic acids is 2. The average molecular weight is 329 g/mol. The van der Waals surface area contributed by atoms with E-state index >= 15 is 0 Å². The molecule has 0 aliphatic rings. The zero-order chi connectivity index (χ0) is 14.5. The molecule has 19 heavy (non-hydrogen) atoms. The van der Waals surface area contributed by atoms with Gasteiger partial charge in [0.2, 0.25) is 0 Å². The summed E-state index contributed by atoms with van der Waals surface area (Å²) >= 11 is 3.23. The maximum Gasteiger partial charge on any atom is 0.408 e. The predicted molar refractivity (Wildman–Crippen MR) is 74.7 cm³/mol. The van der Waals surface area contributed by atoms with Crippen molar-refractivity contribution in [3.05, 3.63) is 28.5 Å². The molecule has 0 fully saturated rings. The van der Waals surface area contributed by atoms with Crippen LogP contribution in [0.3, 0.4) is 0 Å². The van der Waals surface area contributed by atoms with E-state index in [1.165, 1.54) is 0 Å². The molecule has 0 spiro atoms. The van der Waals surface area contributed by atoms with Gasteiger partial charge in [-0.25, -0.2) is 9.78 Å². The monoisotopic (exact) mass is 328 g/mol. The lowest BCUT2D eigenvalue weighted by molar-refractivity contribution is -0.108. The van der Waals surface area contributed by atoms with Crippen molar-refractivity contribution in [1.29, 1.82) is 0 Å². The first-order chi connectivity index (χ1) is 8.81. The SMILES string of the molecule is CC(C)(C)OC(=O)N[C@@H](CC=O)c1ccc(Br)nc1. The van der Waals surface area contributed by atoms with Crippen LogP contribution in [0.15, 0.2) is 22.9 Å². The Hall–Kier alpha value is -1.43. The third-order valence-electron chi connectivity index (χ3n) is 2.18. The van der Waals surface area contributed by atoms with Gasteiger partial charge in [0.05, 0.1) is 6.04 Å². The van der Waals surface area contributed by atoms with Crippen LogP contribution in [0, 0.1) is 0 Å². The summed E-state index contributed by atoms with van der Waals surface area (Å²) in [7, 11) is 0. The molecule has 0 saturated heterocycles. The van der Waals surface area contributed by atoms with Gasteiger partial charge in [-0.1, -0.05) is 6.07 Å². The molecule has 1 aromatic rings. The molecule has 1 N–H and O–H groups in total. The number of hydrogen-bond acceptors (Lipinski definition) is 4. The van der Waals surface area contributed by atoms with Gasteiger partial charge >= 0.3 is 6.09 Å². The number of pyridine rings is 1. The second-order valence-electron chi connectivity index (χ2n) is 5.02. The topological polar surface area (TPSA) is 68.3 Å². The molecule has 0 saturated carbocycles. The van der Waals surface area contributed by atoms with Crippen molar-refractivity contribution in [3.8, 4) is 0 Å². The summed E-state index contributed by atoms with van der Waals surface area (Å²) in [5.74, 6) is 0. The van der Waals surface area contributed by atoms with Crippen LogP contribution in [0.4, 0.5) is 4.79 Å². The van der Waals surface area contributed by atoms with Crippen LogP contribution >= 0.6 is 15.9 Å². The van der Waals surface area contributed by atoms with E-state index < -0.39 is 17.7 Å². The van der Waals surface area contributed by atoms with Gasteiger partial charge in [0.15, 0.2) is 0 Å². The van der Waals surface area contributed by atoms with Crippen LogP contribution in [0.5, 0.6) is 0 Å². The third kappa shape index (κ3) is 5.83. The molecule has 5 nitrogen and oxygen atoms in total. The molecule has 1 heterocycles. The van der Waals surface area contributed by atoms with Crippen LogP contribution < -0.4 is 5.32 Å². The van der Waals surface area contributed by atoms with E-state index in [-0.39, 0.29) is 6.42 Å². The molecule has 0 unspecified atom stereocenters. The zero-order valence-electron chi connectivity index (χ0n) is 11.1. The maximum absolute atomic E-state index is 11.7. The van der Waals surface area contributed by atoms with Crippen molar-refractivity contribution in [2.24, 2.45) is 0 Å². The Morgan fingerprint density at radius 2 is 2.21 bits per heavy atom. The van der Waals surface area contributed by atoms with E-state index in [0.717, 1.165) is 11.8 Å². The van der Waals surface area contributed by atoms with E-state index in [4.69, 9.17) is 4.74 Å². The Bertz CT molecular complexity index is 440. The highest BCUT2D eigenvalue weighted by atomic mass is 79.9. The number of carbonyl (C=O) groups is 2. The van der Waals surface area contributed by atoms with Crippen LogP contribution in [0.25, 0.3) is 0 Å². The smallest absolute Gasteiger partial charge is 0.408 e. The Kier molecular flexibility index (Phi) is 5.47. The molecule has 0 bridgehead atoms. The highest BCUT2D eigenvalue weighted by Crippen LogP contribution is 2.18. The summed E-state index contributed by atoms with van der Waals surface area (Å²) in [4.78, 5) is 26.5. The molecular formula is C13H17BrN2O3. The summed E-state index contributed by atoms with van der Waals surface area (Å²) in [6.07, 6.45) is 1.98. The zero-order valence-corrected chi connectivity index (χ0v) is 12.7. The molecular weight excluding hydrogens is 312 g/mol. The lowest BCUT2D eigenvalue weighted by Gasteiger charge is -2.22. The predicted octanol–water partition coefficient (Wildman–Crippen LogP) is 3.00. The van der Waals surface area contributed by atoms with Gasteiger partial charge in [-0.05, 0) is 48.3 Å². The minimum Gasteiger partial charge on any atom is -0.444 e. The lowest BCUT2D eigenvalue weighted by atomic mass is 10.1. The van der Waals surface area contributed by atoms with Gasteiger partial charge in [-0.2, -0.15) is 0 Å². The standard InChI is InChI=1S/C13H17BrN2O3/c1-13(2,3)19-12(18)16-10(6-7-17)9-4-5-11(14)15-8-9/h4-5,7-8,10H,6H2,1-3H3,(H,16,18)/t10-/m0/s1. The minimum atomic E-state index is -0.576. The van der Waals surface area contributed by atoms with Crippen LogP contribution in [-0.4, -0.2) is 23.0 Å². The fourth-order valence-corrected chi connectivity index (χ4v) is 1.65. The number of alkyl carbamates (subject to hydrolysis) is 1. The Balaban J connectivity index is 2.75. The van der Waals surface area contributed by atoms with Crippen LogP contribution in [-0.2, 0) is 9.53 Å². The first-order valence-corrected chi connectivity index (χ1v) is 6.66. The molecule has 104 valence electrons. The second kappa shape index (κ2) is 6.65. The lowest BCUT2D eigenvalue weighted by Crippen LogP contribution is -2.35. The van der Waals surface area contributed by atoms with Gasteiger partial charge in [-0.15, -0.1) is 0 Å². The Morgan fingerprint density at radius 3 is 2.68 bits per heavy atom. The van der Waals surface area contributed by atoms with Crippen molar-refractivity contribution in [2.45, 2.75) is 38.8 Å². The van der Waals surface area contributed by atoms with Gasteiger partial charge in [0, 0.05) is 12.6 Å². The van der Waals surface area contributed by atoms with Crippen molar-refractivity contribution in [1.82, 2.24) is 10.3 Å². The third-order valence-corrected chi connectivity index (χ3v) is 2.64. The summed E-state index contributed by atoms with van der Waals surface area (Å²) in [5, 5.41) is 2.66. The van der Waals surface area contributed by atoms with Crippen molar-refractivity contribution in [2.75, 3.05) is 0 Å². The highest BCUT2D eigenvalue weighted by Gasteiger charge is 2.20. The van der Waals surface area contributed by atoms with Crippen LogP contribution in [0.1, 0.15) is 38.8 Å². The molecule has 0 radical (unpaired) electrons. The summed E-state index contributed by atoms with van der Waals surface area (Å²) in [6.45, 7) is 5.34. The molecule has 6 heteroatoms. The quantitative estimate of drug-likeness (QED) is 0.681. The highest BCUT2D eigenvalue weighted by molar-refractivity contribution is 9.10. The molecule has 0 aliphatic carbocycles. The summed E-state index contributed by atoms with van der Waals surface area (Å²) in [5.41, 5.74) is 0.175. The molecule has 1 aromatic heterocycles. The number of ether oxygens (including phenoxy) is 1. The number of aldehydes is 1. The molecule has 1 atom stereocenters. The van der Waals surface area contributed by atoms with Gasteiger partial charge in [-0.3, -0.25) is 0 Å². The van der Waals surface area contributed by atoms with Crippen molar-refractivity contribution in [3.63, 3.8) is 0 Å². The van der Waals surface area contributed by atoms with Crippen LogP contribution in [0.2, 0.25) is 0 Å². The summed E-state index contributed by atoms with van der Waals surface area (Å²) < 4.78 is 5.86. The fraction of sp³-hybridized carbons (Fsp3) is 0.462. The number of hydrogen-bond donors (Lipinski definition) is 1. The molecule has 1 rings (SSSR count). The van der Waals surface area contributed by atoms with E-state index in [1.807, 2.05) is 0 Å². The Morgan fingerprint density at radius 1 is 1.53 bits per heavy atom. The van der Waals surface area contributed by atoms with Gasteiger partial charge in [0.1, 0.15) is 16.5 Å². The fourth-order valence-electron chi connectivity index (χ4n) is 1.42. The van der Waals surface area contributed by atoms with Crippen molar-refractivity contribution < 1.29 is 14.3 Å². The first kappa shape index (κ1) is 15.6. The van der Waals surface area contributed by atoms with Crippen molar-refractivity contribution >= 4 is 28.3 Å². The Labute approximate surface area is 120 Å². The van der Waals surface area contributed by atoms with Gasteiger partial charge < -0.3 is 14.8 Å². The number of amides is 1. The number of aromatic nitrogens is 1. The summed E-state index contributed by atoms with van der Waals surface area (Å²) in [6, 6.07) is 3.11. The largest absolute Gasteiger partial charge is 0.444 e. The second-order valence-corrected chi connectivity index (χ2v) is 5.83. The van der Waals surface area contributed by atoms with E-state index in [0.29, 0.717) is 4.60 Å². The van der Waals surface area contributed by atoms with E-state index in [9.17, 15) is 9.59 Å². The average Bonchev–Trinajstić information content (AvgIpc) is 2.27. The number of halogens is 1. The molecule has 0 aromatic carbocycles. The minimum absolute atomic E-state index is 0.169. The maximum atomic E-state index is 11.7.